The van der Waals surface area contributed by atoms with Gasteiger partial charge in [0, 0.05) is 26.2 Å². The number of nitrogens with zero attached hydrogens (tertiary/aromatic N) is 2. The number of aliphatic carboxylic acids is 1. The highest BCUT2D eigenvalue weighted by molar-refractivity contribution is 5.86. The number of anilines is 1. The highest BCUT2D eigenvalue weighted by atomic mass is 16.5. The molecule has 1 aliphatic heterocycles. The zero-order valence-electron chi connectivity index (χ0n) is 16.5. The zero-order valence-corrected chi connectivity index (χ0v) is 16.5. The van der Waals surface area contributed by atoms with E-state index in [1.807, 2.05) is 30.0 Å². The van der Waals surface area contributed by atoms with Crippen LogP contribution in [0.3, 0.4) is 0 Å². The standard InChI is InChI=1S/C22H30N2O4/c1-2-28-18-6-4-3-5-17(18)23-11-13-24(14-12-23)21(25)19-15-7-9-16(10-8-15)20(19)22(26)27/h3-6,15-16,19-20H,2,7-14H2,1H3,(H,26,27)/t15?,16?,19-,20+/m1/s1. The molecule has 0 radical (unpaired) electrons. The van der Waals surface area contributed by atoms with Gasteiger partial charge in [0.1, 0.15) is 5.75 Å². The summed E-state index contributed by atoms with van der Waals surface area (Å²) in [6.07, 6.45) is 3.94. The molecule has 0 unspecified atom stereocenters. The van der Waals surface area contributed by atoms with Crippen molar-refractivity contribution in [3.05, 3.63) is 24.3 Å². The summed E-state index contributed by atoms with van der Waals surface area (Å²) in [6, 6.07) is 8.01. The number of amides is 1. The quantitative estimate of drug-likeness (QED) is 0.843. The van der Waals surface area contributed by atoms with Crippen LogP contribution in [0, 0.1) is 23.7 Å². The molecule has 1 heterocycles. The van der Waals surface area contributed by atoms with E-state index in [-0.39, 0.29) is 23.7 Å². The summed E-state index contributed by atoms with van der Waals surface area (Å²) in [5.74, 6) is -0.230. The van der Waals surface area contributed by atoms with Crippen LogP contribution in [0.15, 0.2) is 24.3 Å². The first-order valence-electron chi connectivity index (χ1n) is 10.6. The number of carboxylic acid groups (broad SMARTS) is 1. The summed E-state index contributed by atoms with van der Waals surface area (Å²) >= 11 is 0. The Labute approximate surface area is 166 Å². The predicted molar refractivity (Wildman–Crippen MR) is 106 cm³/mol. The summed E-state index contributed by atoms with van der Waals surface area (Å²) in [6.45, 7) is 5.36. The van der Waals surface area contributed by atoms with E-state index in [0.717, 1.165) is 50.2 Å². The highest BCUT2D eigenvalue weighted by Crippen LogP contribution is 2.49. The van der Waals surface area contributed by atoms with Gasteiger partial charge in [-0.15, -0.1) is 0 Å². The SMILES string of the molecule is CCOc1ccccc1N1CCN(C(=O)[C@@H]2C3CCC(CC3)[C@@H]2C(=O)O)CC1. The molecule has 1 aromatic carbocycles. The smallest absolute Gasteiger partial charge is 0.307 e. The number of ether oxygens (including phenoxy) is 1. The third-order valence-corrected chi connectivity index (χ3v) is 6.89. The van der Waals surface area contributed by atoms with Crippen molar-refractivity contribution in [2.75, 3.05) is 37.7 Å². The van der Waals surface area contributed by atoms with Crippen molar-refractivity contribution in [2.24, 2.45) is 23.7 Å². The van der Waals surface area contributed by atoms with Crippen molar-refractivity contribution in [1.29, 1.82) is 0 Å². The summed E-state index contributed by atoms with van der Waals surface area (Å²) < 4.78 is 5.75. The lowest BCUT2D eigenvalue weighted by atomic mass is 9.58. The first-order chi connectivity index (χ1) is 13.6. The fraction of sp³-hybridized carbons (Fsp3) is 0.636. The van der Waals surface area contributed by atoms with Gasteiger partial charge < -0.3 is 19.6 Å². The molecule has 28 heavy (non-hydrogen) atoms. The van der Waals surface area contributed by atoms with E-state index in [9.17, 15) is 14.7 Å². The molecule has 152 valence electrons. The molecule has 3 aliphatic carbocycles. The van der Waals surface area contributed by atoms with Crippen LogP contribution in [0.25, 0.3) is 0 Å². The molecule has 4 aliphatic rings. The molecule has 1 amide bonds. The largest absolute Gasteiger partial charge is 0.492 e. The van der Waals surface area contributed by atoms with Crippen LogP contribution < -0.4 is 9.64 Å². The Kier molecular flexibility index (Phi) is 5.47. The van der Waals surface area contributed by atoms with E-state index in [1.54, 1.807) is 0 Å². The molecule has 0 aromatic heterocycles. The van der Waals surface area contributed by atoms with Gasteiger partial charge in [-0.05, 0) is 56.6 Å². The lowest BCUT2D eigenvalue weighted by molar-refractivity contribution is -0.162. The lowest BCUT2D eigenvalue weighted by Gasteiger charge is -2.48. The fourth-order valence-electron chi connectivity index (χ4n) is 5.53. The van der Waals surface area contributed by atoms with Crippen LogP contribution in [-0.2, 0) is 9.59 Å². The number of carbonyl (C=O) groups excluding carboxylic acids is 1. The Hall–Kier alpha value is -2.24. The molecule has 1 aromatic rings. The van der Waals surface area contributed by atoms with Gasteiger partial charge in [0.25, 0.3) is 0 Å². The second kappa shape index (κ2) is 8.02. The maximum Gasteiger partial charge on any atom is 0.307 e. The predicted octanol–water partition coefficient (Wildman–Crippen LogP) is 2.87. The van der Waals surface area contributed by atoms with Gasteiger partial charge in [-0.2, -0.15) is 0 Å². The summed E-state index contributed by atoms with van der Waals surface area (Å²) in [4.78, 5) is 29.3. The van der Waals surface area contributed by atoms with Crippen molar-refractivity contribution in [3.8, 4) is 5.75 Å². The van der Waals surface area contributed by atoms with Gasteiger partial charge in [-0.25, -0.2) is 0 Å². The molecule has 1 saturated heterocycles. The minimum absolute atomic E-state index is 0.0690. The van der Waals surface area contributed by atoms with Crippen LogP contribution in [0.4, 0.5) is 5.69 Å². The summed E-state index contributed by atoms with van der Waals surface area (Å²) in [5, 5.41) is 9.76. The third kappa shape index (κ3) is 3.45. The first-order valence-corrected chi connectivity index (χ1v) is 10.6. The number of benzene rings is 1. The normalized spacial score (nSPS) is 29.6. The second-order valence-electron chi connectivity index (χ2n) is 8.28. The summed E-state index contributed by atoms with van der Waals surface area (Å²) in [5.41, 5.74) is 1.07. The molecule has 0 spiro atoms. The van der Waals surface area contributed by atoms with Crippen LogP contribution in [-0.4, -0.2) is 54.7 Å². The monoisotopic (exact) mass is 386 g/mol. The molecular formula is C22H30N2O4. The van der Waals surface area contributed by atoms with E-state index in [2.05, 4.69) is 11.0 Å². The highest BCUT2D eigenvalue weighted by Gasteiger charge is 2.51. The van der Waals surface area contributed by atoms with Gasteiger partial charge >= 0.3 is 5.97 Å². The fourth-order valence-corrected chi connectivity index (χ4v) is 5.53. The summed E-state index contributed by atoms with van der Waals surface area (Å²) in [7, 11) is 0. The van der Waals surface area contributed by atoms with E-state index in [1.165, 1.54) is 0 Å². The topological polar surface area (TPSA) is 70.1 Å². The zero-order chi connectivity index (χ0) is 19.7. The van der Waals surface area contributed by atoms with Crippen LogP contribution in [0.1, 0.15) is 32.6 Å². The van der Waals surface area contributed by atoms with Gasteiger partial charge in [0.2, 0.25) is 5.91 Å². The lowest BCUT2D eigenvalue weighted by Crippen LogP contribution is -2.56. The Balaban J connectivity index is 1.44. The maximum absolute atomic E-state index is 13.3. The molecule has 2 atom stereocenters. The van der Waals surface area contributed by atoms with E-state index >= 15 is 0 Å². The van der Waals surface area contributed by atoms with E-state index in [0.29, 0.717) is 19.7 Å². The number of carboxylic acids is 1. The Morgan fingerprint density at radius 3 is 2.21 bits per heavy atom. The number of piperazine rings is 1. The average Bonchev–Trinajstić information content (AvgIpc) is 2.74. The number of para-hydroxylation sites is 2. The molecule has 2 bridgehead atoms. The van der Waals surface area contributed by atoms with Crippen molar-refractivity contribution in [3.63, 3.8) is 0 Å². The molecule has 3 saturated carbocycles. The molecule has 6 nitrogen and oxygen atoms in total. The van der Waals surface area contributed by atoms with Gasteiger partial charge in [0.15, 0.2) is 0 Å². The maximum atomic E-state index is 13.3. The average molecular weight is 386 g/mol. The second-order valence-corrected chi connectivity index (χ2v) is 8.28. The molecule has 4 fully saturated rings. The number of rotatable bonds is 5. The van der Waals surface area contributed by atoms with Crippen molar-refractivity contribution >= 4 is 17.6 Å². The Bertz CT molecular complexity index is 721. The number of fused-ring (bicyclic) bond motifs is 3. The Morgan fingerprint density at radius 2 is 1.61 bits per heavy atom. The Morgan fingerprint density at radius 1 is 1.00 bits per heavy atom. The van der Waals surface area contributed by atoms with Crippen molar-refractivity contribution < 1.29 is 19.4 Å². The first kappa shape index (κ1) is 19.1. The third-order valence-electron chi connectivity index (χ3n) is 6.89. The van der Waals surface area contributed by atoms with Crippen molar-refractivity contribution in [2.45, 2.75) is 32.6 Å². The molecule has 1 N–H and O–H groups in total. The van der Waals surface area contributed by atoms with E-state index in [4.69, 9.17) is 4.74 Å². The minimum atomic E-state index is -0.781. The van der Waals surface area contributed by atoms with Crippen molar-refractivity contribution in [1.82, 2.24) is 4.90 Å². The van der Waals surface area contributed by atoms with Crippen LogP contribution in [0.2, 0.25) is 0 Å². The van der Waals surface area contributed by atoms with E-state index < -0.39 is 11.9 Å². The van der Waals surface area contributed by atoms with Crippen LogP contribution in [0.5, 0.6) is 5.75 Å². The molecular weight excluding hydrogens is 356 g/mol. The van der Waals surface area contributed by atoms with Crippen LogP contribution >= 0.6 is 0 Å². The number of hydrogen-bond donors (Lipinski definition) is 1. The molecule has 5 rings (SSSR count). The van der Waals surface area contributed by atoms with Gasteiger partial charge in [0.05, 0.1) is 24.1 Å². The number of hydrogen-bond acceptors (Lipinski definition) is 4. The molecule has 6 heteroatoms. The van der Waals surface area contributed by atoms with Gasteiger partial charge in [-0.1, -0.05) is 12.1 Å². The minimum Gasteiger partial charge on any atom is -0.492 e. The van der Waals surface area contributed by atoms with Gasteiger partial charge in [-0.3, -0.25) is 9.59 Å². The number of carbonyl (C=O) groups is 2.